The minimum absolute atomic E-state index is 1.25. The van der Waals surface area contributed by atoms with Gasteiger partial charge in [0.15, 0.2) is 0 Å². The lowest BCUT2D eigenvalue weighted by atomic mass is 10.4. The van der Waals surface area contributed by atoms with Gasteiger partial charge in [-0.05, 0) is 0 Å². The summed E-state index contributed by atoms with van der Waals surface area (Å²) in [6.07, 6.45) is 0. The second-order valence-electron chi connectivity index (χ2n) is 0.990. The fourth-order valence-corrected chi connectivity index (χ4v) is 0.162. The molecule has 0 aliphatic heterocycles. The van der Waals surface area contributed by atoms with Crippen LogP contribution >= 0.6 is 11.6 Å². The third-order valence-corrected chi connectivity index (χ3v) is 0.692. The molecular weight excluding hydrogens is 117 g/mol. The van der Waals surface area contributed by atoms with Crippen LogP contribution in [0.4, 0.5) is 0 Å². The number of carboxylic acids is 1. The predicted molar refractivity (Wildman–Crippen MR) is 26.3 cm³/mol. The van der Waals surface area contributed by atoms with Gasteiger partial charge in [-0.1, -0.05) is 0 Å². The van der Waals surface area contributed by atoms with Crippen LogP contribution in [0.1, 0.15) is 1.37 Å². The highest BCUT2D eigenvalue weighted by molar-refractivity contribution is 6.19. The maximum atomic E-state index is 9.81. The summed E-state index contributed by atoms with van der Waals surface area (Å²) >= 11 is 4.98. The van der Waals surface area contributed by atoms with Crippen molar-refractivity contribution in [3.05, 3.63) is 0 Å². The topological polar surface area (TPSA) is 63.3 Å². The molecule has 0 radical (unpaired) electrons. The van der Waals surface area contributed by atoms with Crippen molar-refractivity contribution in [1.82, 2.24) is 0 Å². The molecular formula is C3H6ClNO2. The van der Waals surface area contributed by atoms with Crippen LogP contribution in [-0.4, -0.2) is 23.0 Å². The van der Waals surface area contributed by atoms with Crippen molar-refractivity contribution in [3.63, 3.8) is 0 Å². The summed E-state index contributed by atoms with van der Waals surface area (Å²) in [4.78, 5) is 9.81. The van der Waals surface area contributed by atoms with E-state index in [2.05, 4.69) is 0 Å². The van der Waals surface area contributed by atoms with E-state index in [4.69, 9.17) is 23.8 Å². The summed E-state index contributed by atoms with van der Waals surface area (Å²) in [5.41, 5.74) is 4.84. The van der Waals surface area contributed by atoms with Crippen LogP contribution < -0.4 is 5.73 Å². The Bertz CT molecular complexity index is 97.3. The van der Waals surface area contributed by atoms with Crippen LogP contribution in [0.5, 0.6) is 0 Å². The Balaban J connectivity index is 3.64. The molecule has 0 heterocycles. The van der Waals surface area contributed by atoms with E-state index in [1.54, 1.807) is 0 Å². The molecule has 0 amide bonds. The highest BCUT2D eigenvalue weighted by Gasteiger charge is 2.07. The van der Waals surface area contributed by atoms with Crippen molar-refractivity contribution in [2.24, 2.45) is 5.73 Å². The van der Waals surface area contributed by atoms with E-state index in [1.807, 2.05) is 0 Å². The number of rotatable bonds is 2. The second-order valence-corrected chi connectivity index (χ2v) is 1.24. The Morgan fingerprint density at radius 2 is 2.71 bits per heavy atom. The van der Waals surface area contributed by atoms with Gasteiger partial charge in [0.2, 0.25) is 0 Å². The van der Waals surface area contributed by atoms with E-state index in [9.17, 15) is 4.79 Å². The van der Waals surface area contributed by atoms with Gasteiger partial charge in [-0.15, -0.1) is 11.6 Å². The minimum Gasteiger partial charge on any atom is -0.480 e. The highest BCUT2D eigenvalue weighted by Crippen LogP contribution is 1.80. The Morgan fingerprint density at radius 3 is 2.71 bits per heavy atom. The average Bonchev–Trinajstić information content (AvgIpc) is 1.64. The van der Waals surface area contributed by atoms with Crippen LogP contribution in [0.3, 0.4) is 0 Å². The summed E-state index contributed by atoms with van der Waals surface area (Å²) < 4.78 is 6.57. The Morgan fingerprint density at radius 1 is 2.29 bits per heavy atom. The van der Waals surface area contributed by atoms with Gasteiger partial charge in [-0.2, -0.15) is 0 Å². The van der Waals surface area contributed by atoms with Gasteiger partial charge < -0.3 is 10.8 Å². The first-order valence-corrected chi connectivity index (χ1v) is 2.04. The lowest BCUT2D eigenvalue weighted by Crippen LogP contribution is -2.31. The molecule has 0 unspecified atom stereocenters. The van der Waals surface area contributed by atoms with E-state index in [0.717, 1.165) is 0 Å². The van der Waals surface area contributed by atoms with Gasteiger partial charge in [0.05, 0.1) is 0 Å². The summed E-state index contributed by atoms with van der Waals surface area (Å²) in [5, 5.41) is 8.02. The van der Waals surface area contributed by atoms with Crippen molar-refractivity contribution >= 4 is 17.6 Å². The molecule has 2 atom stereocenters. The average molecular weight is 125 g/mol. The molecule has 0 bridgehead atoms. The third kappa shape index (κ3) is 2.42. The molecule has 0 rings (SSSR count). The molecule has 3 N–H and O–H groups in total. The number of carboxylic acid groups (broad SMARTS) is 1. The molecule has 0 aliphatic rings. The standard InChI is InChI=1S/C3H6ClNO2/c4-1-2(5)3(6)7/h2H,1,5H2,(H,6,7)/t2-/m1/s1/i1D/t1-,2-. The third-order valence-electron chi connectivity index (χ3n) is 0.421. The minimum atomic E-state index is -1.28. The van der Waals surface area contributed by atoms with E-state index < -0.39 is 17.9 Å². The van der Waals surface area contributed by atoms with Gasteiger partial charge >= 0.3 is 5.97 Å². The summed E-state index contributed by atoms with van der Waals surface area (Å²) in [6.45, 7) is 0. The number of halogens is 1. The van der Waals surface area contributed by atoms with Gasteiger partial charge in [-0.3, -0.25) is 4.79 Å². The molecule has 3 nitrogen and oxygen atoms in total. The van der Waals surface area contributed by atoms with Crippen LogP contribution in [0.25, 0.3) is 0 Å². The lowest BCUT2D eigenvalue weighted by molar-refractivity contribution is -0.137. The maximum Gasteiger partial charge on any atom is 0.321 e. The number of alkyl halides is 1. The Kier molecular flexibility index (Phi) is 1.96. The van der Waals surface area contributed by atoms with E-state index in [-0.39, 0.29) is 0 Å². The molecule has 7 heavy (non-hydrogen) atoms. The first-order chi connectivity index (χ1) is 3.55. The van der Waals surface area contributed by atoms with Gasteiger partial charge in [-0.25, -0.2) is 0 Å². The first kappa shape index (κ1) is 4.87. The largest absolute Gasteiger partial charge is 0.480 e. The first-order valence-electron chi connectivity index (χ1n) is 2.18. The second kappa shape index (κ2) is 2.82. The van der Waals surface area contributed by atoms with Gasteiger partial charge in [0.25, 0.3) is 0 Å². The number of nitrogens with two attached hydrogens (primary N) is 1. The molecule has 42 valence electrons. The molecule has 0 saturated heterocycles. The normalized spacial score (nSPS) is 20.0. The van der Waals surface area contributed by atoms with Gasteiger partial charge in [0, 0.05) is 7.23 Å². The number of hydrogen-bond donors (Lipinski definition) is 2. The monoisotopic (exact) mass is 124 g/mol. The Labute approximate surface area is 47.5 Å². The molecule has 0 saturated carbocycles. The zero-order valence-corrected chi connectivity index (χ0v) is 4.22. The molecule has 0 spiro atoms. The summed E-state index contributed by atoms with van der Waals surface area (Å²) in [6, 6.07) is -1.28. The summed E-state index contributed by atoms with van der Waals surface area (Å²) in [5.74, 6) is -2.51. The van der Waals surface area contributed by atoms with Crippen LogP contribution in [-0.2, 0) is 4.79 Å². The van der Waals surface area contributed by atoms with E-state index in [0.29, 0.717) is 0 Å². The maximum absolute atomic E-state index is 9.81. The molecule has 0 aromatic rings. The number of carbonyl (C=O) groups is 1. The van der Waals surface area contributed by atoms with Crippen molar-refractivity contribution in [3.8, 4) is 0 Å². The lowest BCUT2D eigenvalue weighted by Gasteiger charge is -1.95. The van der Waals surface area contributed by atoms with Crippen molar-refractivity contribution in [2.45, 2.75) is 6.04 Å². The zero-order chi connectivity index (χ0) is 6.73. The fraction of sp³-hybridized carbons (Fsp3) is 0.667. The van der Waals surface area contributed by atoms with Crippen LogP contribution in [0.2, 0.25) is 0 Å². The molecule has 0 aliphatic carbocycles. The van der Waals surface area contributed by atoms with E-state index >= 15 is 0 Å². The van der Waals surface area contributed by atoms with Crippen molar-refractivity contribution in [2.75, 3.05) is 5.86 Å². The predicted octanol–water partition coefficient (Wildman–Crippen LogP) is -0.363. The molecule has 0 fully saturated rings. The number of aliphatic carboxylic acids is 1. The van der Waals surface area contributed by atoms with Crippen molar-refractivity contribution < 1.29 is 11.3 Å². The zero-order valence-electron chi connectivity index (χ0n) is 4.47. The van der Waals surface area contributed by atoms with E-state index in [1.165, 1.54) is 0 Å². The van der Waals surface area contributed by atoms with Crippen molar-refractivity contribution in [1.29, 1.82) is 0 Å². The SMILES string of the molecule is [2H][C@@H](Cl)[C@@H](N)C(=O)O. The molecule has 4 heteroatoms. The van der Waals surface area contributed by atoms with Gasteiger partial charge in [0.1, 0.15) is 6.04 Å². The van der Waals surface area contributed by atoms with Crippen LogP contribution in [0.15, 0.2) is 0 Å². The fourth-order valence-electron chi connectivity index (χ4n) is 0.0539. The smallest absolute Gasteiger partial charge is 0.321 e. The number of hydrogen-bond acceptors (Lipinski definition) is 2. The highest BCUT2D eigenvalue weighted by atomic mass is 35.5. The Hall–Kier alpha value is -0.280. The quantitative estimate of drug-likeness (QED) is 0.494. The molecule has 0 aromatic heterocycles. The molecule has 0 aromatic carbocycles. The summed E-state index contributed by atoms with van der Waals surface area (Å²) in [7, 11) is 0. The van der Waals surface area contributed by atoms with Crippen LogP contribution in [0, 0.1) is 0 Å².